The largest absolute Gasteiger partial charge is 0.297 e. The van der Waals surface area contributed by atoms with Gasteiger partial charge in [0.1, 0.15) is 0 Å². The number of halogens is 1. The van der Waals surface area contributed by atoms with Crippen molar-refractivity contribution in [2.24, 2.45) is 5.92 Å². The quantitative estimate of drug-likeness (QED) is 0.667. The van der Waals surface area contributed by atoms with E-state index in [0.29, 0.717) is 12.5 Å². The Morgan fingerprint density at radius 2 is 2.00 bits per heavy atom. The van der Waals surface area contributed by atoms with Crippen molar-refractivity contribution < 1.29 is 8.42 Å². The molecular formula is C5H12ClNO2S. The Bertz CT molecular complexity index is 176. The Kier molecular flexibility index (Phi) is 4.24. The molecule has 0 spiro atoms. The van der Waals surface area contributed by atoms with Crippen LogP contribution >= 0.6 is 10.7 Å². The minimum Gasteiger partial charge on any atom is -0.202 e. The van der Waals surface area contributed by atoms with Crippen LogP contribution in [0.15, 0.2) is 0 Å². The SMILES string of the molecule is CC(C)CCNS(=O)(=O)Cl. The van der Waals surface area contributed by atoms with Crippen LogP contribution in [0.25, 0.3) is 0 Å². The first kappa shape index (κ1) is 10.2. The van der Waals surface area contributed by atoms with Gasteiger partial charge in [0, 0.05) is 17.2 Å². The normalized spacial score (nSPS) is 12.4. The second-order valence-electron chi connectivity index (χ2n) is 2.51. The van der Waals surface area contributed by atoms with Crippen LogP contribution in [0.2, 0.25) is 0 Å². The molecule has 5 heteroatoms. The molecule has 0 aliphatic carbocycles. The van der Waals surface area contributed by atoms with E-state index in [9.17, 15) is 8.42 Å². The van der Waals surface area contributed by atoms with Crippen LogP contribution in [0.3, 0.4) is 0 Å². The van der Waals surface area contributed by atoms with Crippen LogP contribution in [0, 0.1) is 5.92 Å². The summed E-state index contributed by atoms with van der Waals surface area (Å²) < 4.78 is 22.7. The molecule has 0 unspecified atom stereocenters. The van der Waals surface area contributed by atoms with Gasteiger partial charge in [-0.3, -0.25) is 0 Å². The molecule has 1 N–H and O–H groups in total. The molecule has 62 valence electrons. The van der Waals surface area contributed by atoms with Crippen molar-refractivity contribution >= 4 is 19.9 Å². The molecule has 10 heavy (non-hydrogen) atoms. The molecule has 0 saturated carbocycles. The smallest absolute Gasteiger partial charge is 0.202 e. The zero-order chi connectivity index (χ0) is 8.20. The maximum Gasteiger partial charge on any atom is 0.297 e. The average Bonchev–Trinajstić information content (AvgIpc) is 1.59. The van der Waals surface area contributed by atoms with Crippen molar-refractivity contribution in [3.63, 3.8) is 0 Å². The molecule has 0 aromatic heterocycles. The van der Waals surface area contributed by atoms with Crippen molar-refractivity contribution in [1.29, 1.82) is 0 Å². The molecule has 0 aromatic carbocycles. The van der Waals surface area contributed by atoms with Crippen molar-refractivity contribution in [3.05, 3.63) is 0 Å². The summed E-state index contributed by atoms with van der Waals surface area (Å²) in [6, 6.07) is 0. The summed E-state index contributed by atoms with van der Waals surface area (Å²) in [7, 11) is 1.38. The molecule has 0 saturated heterocycles. The van der Waals surface area contributed by atoms with E-state index in [1.54, 1.807) is 0 Å². The summed E-state index contributed by atoms with van der Waals surface area (Å²) in [4.78, 5) is 0. The monoisotopic (exact) mass is 185 g/mol. The maximum atomic E-state index is 10.3. The number of hydrogen-bond acceptors (Lipinski definition) is 2. The molecule has 3 nitrogen and oxygen atoms in total. The highest BCUT2D eigenvalue weighted by Crippen LogP contribution is 1.98. The molecular weight excluding hydrogens is 174 g/mol. The number of hydrogen-bond donors (Lipinski definition) is 1. The zero-order valence-electron chi connectivity index (χ0n) is 6.09. The van der Waals surface area contributed by atoms with Crippen LogP contribution in [-0.2, 0) is 9.24 Å². The summed E-state index contributed by atoms with van der Waals surface area (Å²) >= 11 is 0. The van der Waals surface area contributed by atoms with Gasteiger partial charge in [-0.05, 0) is 12.3 Å². The second kappa shape index (κ2) is 4.16. The van der Waals surface area contributed by atoms with E-state index in [0.717, 1.165) is 6.42 Å². The molecule has 0 rings (SSSR count). The van der Waals surface area contributed by atoms with Gasteiger partial charge in [0.25, 0.3) is 9.24 Å². The Morgan fingerprint density at radius 3 is 2.30 bits per heavy atom. The van der Waals surface area contributed by atoms with Crippen LogP contribution in [0.5, 0.6) is 0 Å². The lowest BCUT2D eigenvalue weighted by Gasteiger charge is -2.02. The van der Waals surface area contributed by atoms with Crippen molar-refractivity contribution in [2.45, 2.75) is 20.3 Å². The lowest BCUT2D eigenvalue weighted by molar-refractivity contribution is 0.560. The van der Waals surface area contributed by atoms with Crippen LogP contribution in [0.4, 0.5) is 0 Å². The van der Waals surface area contributed by atoms with E-state index >= 15 is 0 Å². The molecule has 0 fully saturated rings. The lowest BCUT2D eigenvalue weighted by atomic mass is 10.1. The highest BCUT2D eigenvalue weighted by Gasteiger charge is 2.02. The van der Waals surface area contributed by atoms with Gasteiger partial charge in [-0.15, -0.1) is 0 Å². The molecule has 0 bridgehead atoms. The average molecular weight is 186 g/mol. The topological polar surface area (TPSA) is 46.2 Å². The molecule has 0 amide bonds. The van der Waals surface area contributed by atoms with Crippen LogP contribution in [-0.4, -0.2) is 15.0 Å². The fourth-order valence-corrected chi connectivity index (χ4v) is 1.06. The third-order valence-electron chi connectivity index (χ3n) is 0.996. The third kappa shape index (κ3) is 8.20. The Hall–Kier alpha value is 0.200. The van der Waals surface area contributed by atoms with Gasteiger partial charge in [0.2, 0.25) is 0 Å². The van der Waals surface area contributed by atoms with Gasteiger partial charge >= 0.3 is 0 Å². The first-order chi connectivity index (χ1) is 4.42. The van der Waals surface area contributed by atoms with E-state index in [1.165, 1.54) is 0 Å². The van der Waals surface area contributed by atoms with Gasteiger partial charge in [-0.1, -0.05) is 13.8 Å². The summed E-state index contributed by atoms with van der Waals surface area (Å²) in [6.07, 6.45) is 0.811. The van der Waals surface area contributed by atoms with Crippen molar-refractivity contribution in [2.75, 3.05) is 6.54 Å². The molecule has 0 aliphatic rings. The number of nitrogens with one attached hydrogen (secondary N) is 1. The van der Waals surface area contributed by atoms with Gasteiger partial charge < -0.3 is 0 Å². The minimum absolute atomic E-state index is 0.420. The van der Waals surface area contributed by atoms with Gasteiger partial charge in [0.05, 0.1) is 0 Å². The predicted octanol–water partition coefficient (Wildman–Crippen LogP) is 1.11. The first-order valence-corrected chi connectivity index (χ1v) is 5.42. The summed E-state index contributed by atoms with van der Waals surface area (Å²) in [5, 5.41) is 0. The molecule has 0 aromatic rings. The van der Waals surface area contributed by atoms with Crippen LogP contribution in [0.1, 0.15) is 20.3 Å². The first-order valence-electron chi connectivity index (χ1n) is 3.11. The van der Waals surface area contributed by atoms with E-state index in [1.807, 2.05) is 13.8 Å². The molecule has 0 atom stereocenters. The Morgan fingerprint density at radius 1 is 1.50 bits per heavy atom. The predicted molar refractivity (Wildman–Crippen MR) is 42.2 cm³/mol. The fraction of sp³-hybridized carbons (Fsp3) is 1.00. The standard InChI is InChI=1S/C5H12ClNO2S/c1-5(2)3-4-7-10(6,8)9/h5,7H,3-4H2,1-2H3. The fourth-order valence-electron chi connectivity index (χ4n) is 0.470. The van der Waals surface area contributed by atoms with Crippen molar-refractivity contribution in [1.82, 2.24) is 4.72 Å². The van der Waals surface area contributed by atoms with E-state index in [2.05, 4.69) is 4.72 Å². The Labute approximate surface area is 66.3 Å². The highest BCUT2D eigenvalue weighted by atomic mass is 35.7. The van der Waals surface area contributed by atoms with E-state index in [-0.39, 0.29) is 0 Å². The molecule has 0 radical (unpaired) electrons. The zero-order valence-corrected chi connectivity index (χ0v) is 7.67. The minimum atomic E-state index is -3.50. The maximum absolute atomic E-state index is 10.3. The van der Waals surface area contributed by atoms with Crippen LogP contribution < -0.4 is 4.72 Å². The van der Waals surface area contributed by atoms with Gasteiger partial charge in [-0.2, -0.15) is 8.42 Å². The second-order valence-corrected chi connectivity index (χ2v) is 4.90. The third-order valence-corrected chi connectivity index (χ3v) is 1.87. The Balaban J connectivity index is 3.39. The van der Waals surface area contributed by atoms with Crippen molar-refractivity contribution in [3.8, 4) is 0 Å². The summed E-state index contributed by atoms with van der Waals surface area (Å²) in [6.45, 7) is 4.45. The van der Waals surface area contributed by atoms with Gasteiger partial charge in [-0.25, -0.2) is 4.72 Å². The summed E-state index contributed by atoms with van der Waals surface area (Å²) in [5.41, 5.74) is 0. The van der Waals surface area contributed by atoms with E-state index in [4.69, 9.17) is 10.7 Å². The lowest BCUT2D eigenvalue weighted by Crippen LogP contribution is -2.20. The highest BCUT2D eigenvalue weighted by molar-refractivity contribution is 8.12. The number of rotatable bonds is 4. The molecule has 0 heterocycles. The van der Waals surface area contributed by atoms with E-state index < -0.39 is 9.24 Å². The molecule has 0 aliphatic heterocycles. The summed E-state index contributed by atoms with van der Waals surface area (Å²) in [5.74, 6) is 0.492. The van der Waals surface area contributed by atoms with Gasteiger partial charge in [0.15, 0.2) is 0 Å².